The van der Waals surface area contributed by atoms with E-state index >= 15 is 0 Å². The van der Waals surface area contributed by atoms with E-state index in [0.29, 0.717) is 35.6 Å². The lowest BCUT2D eigenvalue weighted by atomic mass is 10.1. The van der Waals surface area contributed by atoms with Crippen LogP contribution in [0, 0.1) is 6.92 Å². The molecule has 35 heavy (non-hydrogen) atoms. The smallest absolute Gasteiger partial charge is 0.408 e. The topological polar surface area (TPSA) is 139 Å². The average molecular weight is 473 g/mol. The van der Waals surface area contributed by atoms with E-state index in [-0.39, 0.29) is 24.1 Å². The van der Waals surface area contributed by atoms with E-state index in [1.807, 2.05) is 25.1 Å². The van der Waals surface area contributed by atoms with E-state index in [1.54, 1.807) is 32.2 Å². The molecular weight excluding hydrogens is 450 g/mol. The number of benzene rings is 1. The van der Waals surface area contributed by atoms with Crippen molar-refractivity contribution in [1.82, 2.24) is 20.3 Å². The van der Waals surface area contributed by atoms with Crippen molar-refractivity contribution in [3.63, 3.8) is 0 Å². The van der Waals surface area contributed by atoms with E-state index < -0.39 is 5.60 Å². The summed E-state index contributed by atoms with van der Waals surface area (Å²) in [5.41, 5.74) is 2.84. The second-order valence-corrected chi connectivity index (χ2v) is 9.27. The monoisotopic (exact) mass is 473 g/mol. The molecule has 2 atom stereocenters. The van der Waals surface area contributed by atoms with Gasteiger partial charge in [0.15, 0.2) is 17.2 Å². The summed E-state index contributed by atoms with van der Waals surface area (Å²) in [6.45, 7) is 5.29. The van der Waals surface area contributed by atoms with Crippen LogP contribution in [0.1, 0.15) is 36.6 Å². The van der Waals surface area contributed by atoms with E-state index in [2.05, 4.69) is 36.2 Å². The van der Waals surface area contributed by atoms with Crippen LogP contribution in [0.5, 0.6) is 5.75 Å². The quantitative estimate of drug-likeness (QED) is 0.448. The molecule has 0 saturated carbocycles. The number of hydrogen-bond donors (Lipinski definition) is 4. The SMILES string of the molecule is Cc1cnc(Nc2ccc3c(c2)[C@H]2NC(=O)OC2C3)nc1Nc1ccc2c(n1)NC(=O)C(C)(C)O2. The zero-order valence-corrected chi connectivity index (χ0v) is 19.3. The van der Waals surface area contributed by atoms with Gasteiger partial charge in [-0.25, -0.2) is 14.8 Å². The summed E-state index contributed by atoms with van der Waals surface area (Å²) in [4.78, 5) is 37.2. The van der Waals surface area contributed by atoms with Crippen LogP contribution >= 0.6 is 0 Å². The van der Waals surface area contributed by atoms with Crippen molar-refractivity contribution in [1.29, 1.82) is 0 Å². The van der Waals surface area contributed by atoms with Gasteiger partial charge in [-0.3, -0.25) is 4.79 Å². The number of carbonyl (C=O) groups is 2. The second-order valence-electron chi connectivity index (χ2n) is 9.27. The molecule has 1 unspecified atom stereocenters. The molecule has 1 aliphatic carbocycles. The Labute approximate surface area is 200 Å². The maximum absolute atomic E-state index is 12.2. The molecule has 11 heteroatoms. The van der Waals surface area contributed by atoms with Gasteiger partial charge < -0.3 is 30.7 Å². The van der Waals surface area contributed by atoms with Gasteiger partial charge in [-0.1, -0.05) is 6.07 Å². The molecule has 178 valence electrons. The maximum Gasteiger partial charge on any atom is 0.408 e. The number of carbonyl (C=O) groups excluding carboxylic acids is 2. The van der Waals surface area contributed by atoms with Crippen molar-refractivity contribution in [3.05, 3.63) is 53.2 Å². The molecule has 3 aliphatic rings. The van der Waals surface area contributed by atoms with Crippen molar-refractivity contribution in [3.8, 4) is 5.75 Å². The Bertz CT molecular complexity index is 1390. The molecule has 11 nitrogen and oxygen atoms in total. The first kappa shape index (κ1) is 21.1. The van der Waals surface area contributed by atoms with Crippen LogP contribution in [0.15, 0.2) is 36.5 Å². The lowest BCUT2D eigenvalue weighted by molar-refractivity contribution is -0.129. The molecule has 4 heterocycles. The number of pyridine rings is 1. The number of hydrogen-bond acceptors (Lipinski definition) is 9. The molecule has 0 radical (unpaired) electrons. The minimum atomic E-state index is -0.956. The van der Waals surface area contributed by atoms with Crippen LogP contribution in [0.2, 0.25) is 0 Å². The largest absolute Gasteiger partial charge is 0.474 e. The molecule has 1 saturated heterocycles. The van der Waals surface area contributed by atoms with Gasteiger partial charge in [0.1, 0.15) is 17.7 Å². The number of aromatic nitrogens is 3. The van der Waals surface area contributed by atoms with Gasteiger partial charge in [-0.15, -0.1) is 0 Å². The Kier molecular flexibility index (Phi) is 4.56. The second kappa shape index (κ2) is 7.55. The van der Waals surface area contributed by atoms with Crippen molar-refractivity contribution in [2.24, 2.45) is 0 Å². The lowest BCUT2D eigenvalue weighted by Gasteiger charge is -2.30. The fourth-order valence-corrected chi connectivity index (χ4v) is 4.41. The van der Waals surface area contributed by atoms with Gasteiger partial charge in [0.2, 0.25) is 5.95 Å². The fraction of sp³-hybridized carbons (Fsp3) is 0.292. The van der Waals surface area contributed by atoms with E-state index in [9.17, 15) is 9.59 Å². The molecular formula is C24H23N7O4. The molecule has 6 rings (SSSR count). The Morgan fingerprint density at radius 3 is 2.83 bits per heavy atom. The fourth-order valence-electron chi connectivity index (χ4n) is 4.41. The first-order valence-electron chi connectivity index (χ1n) is 11.2. The number of alkyl carbamates (subject to hydrolysis) is 1. The number of rotatable bonds is 4. The normalized spacial score (nSPS) is 21.0. The number of amides is 2. The molecule has 4 N–H and O–H groups in total. The summed E-state index contributed by atoms with van der Waals surface area (Å²) in [6, 6.07) is 9.34. The van der Waals surface area contributed by atoms with Crippen molar-refractivity contribution in [2.75, 3.05) is 16.0 Å². The van der Waals surface area contributed by atoms with Crippen molar-refractivity contribution >= 4 is 41.1 Å². The first-order chi connectivity index (χ1) is 16.7. The van der Waals surface area contributed by atoms with Gasteiger partial charge in [-0.05, 0) is 56.2 Å². The Balaban J connectivity index is 1.22. The van der Waals surface area contributed by atoms with Gasteiger partial charge in [0, 0.05) is 23.9 Å². The van der Waals surface area contributed by atoms with E-state index in [1.165, 1.54) is 0 Å². The van der Waals surface area contributed by atoms with Gasteiger partial charge in [0.25, 0.3) is 5.91 Å². The number of anilines is 5. The Morgan fingerprint density at radius 1 is 1.11 bits per heavy atom. The van der Waals surface area contributed by atoms with Gasteiger partial charge >= 0.3 is 6.09 Å². The summed E-state index contributed by atoms with van der Waals surface area (Å²) < 4.78 is 11.1. The maximum atomic E-state index is 12.2. The van der Waals surface area contributed by atoms with Crippen LogP contribution in [-0.4, -0.2) is 38.7 Å². The predicted molar refractivity (Wildman–Crippen MR) is 127 cm³/mol. The van der Waals surface area contributed by atoms with Crippen LogP contribution in [-0.2, 0) is 16.0 Å². The van der Waals surface area contributed by atoms with Crippen molar-refractivity contribution in [2.45, 2.75) is 44.9 Å². The standard InChI is InChI=1S/C24H23N7O4/c1-11-10-25-22(26-13-5-4-12-8-16-18(14(12)9-13)29-23(33)34-16)31-19(11)27-17-7-6-15-20(28-17)30-21(32)24(2,3)35-15/h4-7,9-10,16,18H,8H2,1-3H3,(H,29,33)(H3,25,26,27,28,30,31,32)/t16?,18-/m1/s1. The third-order valence-corrected chi connectivity index (χ3v) is 6.28. The van der Waals surface area contributed by atoms with Crippen LogP contribution < -0.4 is 26.0 Å². The Morgan fingerprint density at radius 2 is 1.97 bits per heavy atom. The first-order valence-corrected chi connectivity index (χ1v) is 11.2. The number of ether oxygens (including phenoxy) is 2. The summed E-state index contributed by atoms with van der Waals surface area (Å²) in [5.74, 6) is 2.06. The zero-order chi connectivity index (χ0) is 24.3. The van der Waals surface area contributed by atoms with E-state index in [0.717, 1.165) is 22.4 Å². The molecule has 0 spiro atoms. The number of nitrogens with one attached hydrogen (secondary N) is 4. The molecule has 1 fully saturated rings. The van der Waals surface area contributed by atoms with Crippen LogP contribution in [0.4, 0.5) is 33.9 Å². The summed E-state index contributed by atoms with van der Waals surface area (Å²) in [5, 5.41) is 12.1. The molecule has 2 amide bonds. The highest BCUT2D eigenvalue weighted by Gasteiger charge is 2.41. The molecule has 0 bridgehead atoms. The van der Waals surface area contributed by atoms with Crippen molar-refractivity contribution < 1.29 is 19.1 Å². The number of nitrogens with zero attached hydrogens (tertiary/aromatic N) is 3. The highest BCUT2D eigenvalue weighted by molar-refractivity contribution is 5.99. The minimum Gasteiger partial charge on any atom is -0.474 e. The minimum absolute atomic E-state index is 0.138. The number of aryl methyl sites for hydroxylation is 1. The Hall–Kier alpha value is -4.41. The molecule has 2 aromatic heterocycles. The van der Waals surface area contributed by atoms with Crippen LogP contribution in [0.25, 0.3) is 0 Å². The highest BCUT2D eigenvalue weighted by atomic mass is 16.6. The highest BCUT2D eigenvalue weighted by Crippen LogP contribution is 2.38. The predicted octanol–water partition coefficient (Wildman–Crippen LogP) is 3.48. The third-order valence-electron chi connectivity index (χ3n) is 6.28. The van der Waals surface area contributed by atoms with E-state index in [4.69, 9.17) is 9.47 Å². The third kappa shape index (κ3) is 3.74. The number of fused-ring (bicyclic) bond motifs is 4. The zero-order valence-electron chi connectivity index (χ0n) is 19.3. The lowest BCUT2D eigenvalue weighted by Crippen LogP contribution is -2.46. The van der Waals surface area contributed by atoms with Crippen LogP contribution in [0.3, 0.4) is 0 Å². The summed E-state index contributed by atoms with van der Waals surface area (Å²) in [7, 11) is 0. The summed E-state index contributed by atoms with van der Waals surface area (Å²) in [6.07, 6.45) is 1.86. The molecule has 1 aromatic carbocycles. The summed E-state index contributed by atoms with van der Waals surface area (Å²) >= 11 is 0. The molecule has 3 aromatic rings. The average Bonchev–Trinajstić information content (AvgIpc) is 3.33. The molecule has 2 aliphatic heterocycles. The van der Waals surface area contributed by atoms with Gasteiger partial charge in [-0.2, -0.15) is 4.98 Å². The van der Waals surface area contributed by atoms with Gasteiger partial charge in [0.05, 0.1) is 6.04 Å².